The second-order valence-corrected chi connectivity index (χ2v) is 7.05. The molecule has 2 N–H and O–H groups in total. The lowest BCUT2D eigenvalue weighted by atomic mass is 10.1. The lowest BCUT2D eigenvalue weighted by Gasteiger charge is -2.26. The van der Waals surface area contributed by atoms with Gasteiger partial charge in [-0.2, -0.15) is 5.10 Å². The molecular formula is C20H19N5O3. The van der Waals surface area contributed by atoms with Crippen LogP contribution in [0.2, 0.25) is 0 Å². The fraction of sp³-hybridized carbons (Fsp3) is 0.250. The van der Waals surface area contributed by atoms with E-state index in [4.69, 9.17) is 4.74 Å². The molecule has 8 nitrogen and oxygen atoms in total. The zero-order chi connectivity index (χ0) is 19.1. The molecule has 1 saturated heterocycles. The van der Waals surface area contributed by atoms with Gasteiger partial charge in [-0.3, -0.25) is 20.1 Å². The Morgan fingerprint density at radius 3 is 2.79 bits per heavy atom. The van der Waals surface area contributed by atoms with Gasteiger partial charge in [0.2, 0.25) is 0 Å². The van der Waals surface area contributed by atoms with Gasteiger partial charge in [0.1, 0.15) is 5.69 Å². The third-order valence-electron chi connectivity index (χ3n) is 5.21. The molecule has 8 heteroatoms. The number of non-ortho nitro benzene ring substituents is 1. The van der Waals surface area contributed by atoms with Crippen LogP contribution < -0.4 is 0 Å². The summed E-state index contributed by atoms with van der Waals surface area (Å²) >= 11 is 0. The van der Waals surface area contributed by atoms with Crippen molar-refractivity contribution in [1.29, 1.82) is 0 Å². The van der Waals surface area contributed by atoms with Crippen LogP contribution in [0.3, 0.4) is 0 Å². The highest BCUT2D eigenvalue weighted by atomic mass is 16.6. The number of ether oxygens (including phenoxy) is 1. The summed E-state index contributed by atoms with van der Waals surface area (Å²) in [4.78, 5) is 16.4. The number of benzene rings is 2. The topological polar surface area (TPSA) is 100 Å². The number of aromatic nitrogens is 3. The fourth-order valence-corrected chi connectivity index (χ4v) is 3.75. The Hall–Kier alpha value is -3.23. The fourth-order valence-electron chi connectivity index (χ4n) is 3.75. The van der Waals surface area contributed by atoms with Crippen LogP contribution in [0, 0.1) is 10.1 Å². The minimum absolute atomic E-state index is 0.0482. The summed E-state index contributed by atoms with van der Waals surface area (Å²) in [6.45, 7) is 4.42. The van der Waals surface area contributed by atoms with Crippen LogP contribution >= 0.6 is 0 Å². The van der Waals surface area contributed by atoms with E-state index in [9.17, 15) is 10.1 Å². The van der Waals surface area contributed by atoms with E-state index >= 15 is 0 Å². The molecule has 28 heavy (non-hydrogen) atoms. The number of nitrogens with one attached hydrogen (secondary N) is 2. The molecular weight excluding hydrogens is 358 g/mol. The molecule has 0 atom stereocenters. The maximum Gasteiger partial charge on any atom is 0.271 e. The first kappa shape index (κ1) is 16.9. The van der Waals surface area contributed by atoms with E-state index in [1.807, 2.05) is 0 Å². The van der Waals surface area contributed by atoms with Crippen LogP contribution in [0.4, 0.5) is 5.69 Å². The van der Waals surface area contributed by atoms with Gasteiger partial charge < -0.3 is 9.72 Å². The van der Waals surface area contributed by atoms with Crippen molar-refractivity contribution in [2.45, 2.75) is 6.54 Å². The Kier molecular flexibility index (Phi) is 4.07. The lowest BCUT2D eigenvalue weighted by molar-refractivity contribution is -0.384. The van der Waals surface area contributed by atoms with Gasteiger partial charge in [0, 0.05) is 48.1 Å². The van der Waals surface area contributed by atoms with E-state index in [2.05, 4.69) is 44.3 Å². The average molecular weight is 377 g/mol. The number of rotatable bonds is 4. The number of hydrogen-bond acceptors (Lipinski definition) is 5. The van der Waals surface area contributed by atoms with E-state index in [-0.39, 0.29) is 5.69 Å². The molecule has 142 valence electrons. The smallest absolute Gasteiger partial charge is 0.271 e. The van der Waals surface area contributed by atoms with Crippen molar-refractivity contribution in [3.8, 4) is 11.4 Å². The van der Waals surface area contributed by atoms with Gasteiger partial charge in [-0.1, -0.05) is 6.07 Å². The SMILES string of the molecule is O=[N+]([O-])c1ccc2c(-c3cc4cc(CN5CCOCC5)ccc4[nH]3)n[nH]c2c1. The van der Waals surface area contributed by atoms with Crippen molar-refractivity contribution in [3.63, 3.8) is 0 Å². The summed E-state index contributed by atoms with van der Waals surface area (Å²) in [6.07, 6.45) is 0. The number of fused-ring (bicyclic) bond motifs is 2. The zero-order valence-electron chi connectivity index (χ0n) is 15.1. The van der Waals surface area contributed by atoms with Crippen molar-refractivity contribution in [2.75, 3.05) is 26.3 Å². The molecule has 4 aromatic rings. The largest absolute Gasteiger partial charge is 0.379 e. The standard InChI is InChI=1S/C20H19N5O3/c26-25(27)15-2-3-16-18(11-15)22-23-20(16)19-10-14-9-13(1-4-17(14)21-19)12-24-5-7-28-8-6-24/h1-4,9-11,21H,5-8,12H2,(H,22,23). The van der Waals surface area contributed by atoms with Crippen molar-refractivity contribution >= 4 is 27.5 Å². The third-order valence-corrected chi connectivity index (χ3v) is 5.21. The van der Waals surface area contributed by atoms with Gasteiger partial charge in [0.25, 0.3) is 5.69 Å². The molecule has 2 aromatic heterocycles. The number of nitro groups is 1. The second-order valence-electron chi connectivity index (χ2n) is 7.05. The summed E-state index contributed by atoms with van der Waals surface area (Å²) in [7, 11) is 0. The van der Waals surface area contributed by atoms with Crippen LogP contribution in [0.15, 0.2) is 42.5 Å². The molecule has 2 aromatic carbocycles. The summed E-state index contributed by atoms with van der Waals surface area (Å²) in [5, 5.41) is 20.2. The van der Waals surface area contributed by atoms with E-state index < -0.39 is 4.92 Å². The maximum absolute atomic E-state index is 11.0. The van der Waals surface area contributed by atoms with Crippen molar-refractivity contribution in [2.24, 2.45) is 0 Å². The van der Waals surface area contributed by atoms with E-state index in [1.54, 1.807) is 6.07 Å². The number of morpholine rings is 1. The number of aromatic amines is 2. The van der Waals surface area contributed by atoms with Crippen LogP contribution in [-0.2, 0) is 11.3 Å². The molecule has 0 saturated carbocycles. The molecule has 3 heterocycles. The zero-order valence-corrected chi connectivity index (χ0v) is 15.1. The average Bonchev–Trinajstić information content (AvgIpc) is 3.31. The molecule has 1 aliphatic rings. The van der Waals surface area contributed by atoms with Crippen LogP contribution in [0.1, 0.15) is 5.56 Å². The summed E-state index contributed by atoms with van der Waals surface area (Å²) in [6, 6.07) is 13.3. The van der Waals surface area contributed by atoms with E-state index in [0.717, 1.165) is 60.5 Å². The normalized spacial score (nSPS) is 15.4. The molecule has 0 radical (unpaired) electrons. The molecule has 0 bridgehead atoms. The van der Waals surface area contributed by atoms with Gasteiger partial charge >= 0.3 is 0 Å². The van der Waals surface area contributed by atoms with E-state index in [1.165, 1.54) is 17.7 Å². The highest BCUT2D eigenvalue weighted by Gasteiger charge is 2.15. The predicted octanol–water partition coefficient (Wildman–Crippen LogP) is 3.45. The molecule has 0 spiro atoms. The first-order valence-electron chi connectivity index (χ1n) is 9.22. The molecule has 1 aliphatic heterocycles. The Balaban J connectivity index is 1.47. The quantitative estimate of drug-likeness (QED) is 0.419. The highest BCUT2D eigenvalue weighted by molar-refractivity contribution is 5.96. The Morgan fingerprint density at radius 1 is 1.11 bits per heavy atom. The Labute approximate surface area is 160 Å². The predicted molar refractivity (Wildman–Crippen MR) is 106 cm³/mol. The monoisotopic (exact) mass is 377 g/mol. The lowest BCUT2D eigenvalue weighted by Crippen LogP contribution is -2.35. The minimum atomic E-state index is -0.404. The Morgan fingerprint density at radius 2 is 1.96 bits per heavy atom. The van der Waals surface area contributed by atoms with Gasteiger partial charge in [-0.15, -0.1) is 0 Å². The van der Waals surface area contributed by atoms with Crippen LogP contribution in [-0.4, -0.2) is 51.3 Å². The molecule has 1 fully saturated rings. The summed E-state index contributed by atoms with van der Waals surface area (Å²) in [5.41, 5.74) is 4.65. The number of nitrogens with zero attached hydrogens (tertiary/aromatic N) is 3. The number of H-pyrrole nitrogens is 2. The summed E-state index contributed by atoms with van der Waals surface area (Å²) in [5.74, 6) is 0. The van der Waals surface area contributed by atoms with Crippen molar-refractivity contribution in [3.05, 3.63) is 58.1 Å². The third kappa shape index (κ3) is 3.02. The first-order valence-corrected chi connectivity index (χ1v) is 9.22. The highest BCUT2D eigenvalue weighted by Crippen LogP contribution is 2.30. The number of nitro benzene ring substituents is 1. The Bertz CT molecular complexity index is 1170. The van der Waals surface area contributed by atoms with Gasteiger partial charge in [0.15, 0.2) is 0 Å². The van der Waals surface area contributed by atoms with Gasteiger partial charge in [-0.05, 0) is 29.8 Å². The van der Waals surface area contributed by atoms with Crippen molar-refractivity contribution in [1.82, 2.24) is 20.1 Å². The van der Waals surface area contributed by atoms with Crippen molar-refractivity contribution < 1.29 is 9.66 Å². The van der Waals surface area contributed by atoms with Gasteiger partial charge in [-0.25, -0.2) is 0 Å². The first-order chi connectivity index (χ1) is 13.7. The molecule has 5 rings (SSSR count). The van der Waals surface area contributed by atoms with Crippen LogP contribution in [0.5, 0.6) is 0 Å². The second kappa shape index (κ2) is 6.74. The molecule has 0 aliphatic carbocycles. The summed E-state index contributed by atoms with van der Waals surface area (Å²) < 4.78 is 5.41. The molecule has 0 unspecified atom stereocenters. The van der Waals surface area contributed by atoms with E-state index in [0.29, 0.717) is 5.52 Å². The van der Waals surface area contributed by atoms with Gasteiger partial charge in [0.05, 0.1) is 29.3 Å². The van der Waals surface area contributed by atoms with Crippen LogP contribution in [0.25, 0.3) is 33.2 Å². The molecule has 0 amide bonds. The minimum Gasteiger partial charge on any atom is -0.379 e. The number of hydrogen-bond donors (Lipinski definition) is 2. The maximum atomic E-state index is 11.0.